The fourth-order valence-electron chi connectivity index (χ4n) is 3.18. The van der Waals surface area contributed by atoms with E-state index in [1.807, 2.05) is 30.3 Å². The Morgan fingerprint density at radius 1 is 1.24 bits per heavy atom. The zero-order chi connectivity index (χ0) is 17.5. The van der Waals surface area contributed by atoms with E-state index in [9.17, 15) is 4.79 Å². The molecule has 0 saturated heterocycles. The molecule has 1 aromatic carbocycles. The van der Waals surface area contributed by atoms with E-state index in [-0.39, 0.29) is 5.91 Å². The van der Waals surface area contributed by atoms with Gasteiger partial charge in [0.25, 0.3) is 5.91 Å². The van der Waals surface area contributed by atoms with Crippen molar-refractivity contribution in [2.45, 2.75) is 38.1 Å². The molecule has 1 fully saturated rings. The minimum absolute atomic E-state index is 0.0697. The Balaban J connectivity index is 1.52. The molecule has 5 nitrogen and oxygen atoms in total. The van der Waals surface area contributed by atoms with Gasteiger partial charge < -0.3 is 15.4 Å². The second-order valence-corrected chi connectivity index (χ2v) is 6.41. The second kappa shape index (κ2) is 8.51. The minimum atomic E-state index is -0.0697. The van der Waals surface area contributed by atoms with Crippen LogP contribution in [-0.4, -0.2) is 30.6 Å². The first-order valence-electron chi connectivity index (χ1n) is 8.88. The van der Waals surface area contributed by atoms with Crippen LogP contribution in [0.1, 0.15) is 41.6 Å². The van der Waals surface area contributed by atoms with E-state index in [0.717, 1.165) is 23.6 Å². The molecule has 2 N–H and O–H groups in total. The highest BCUT2D eigenvalue weighted by Gasteiger charge is 2.15. The number of hydrogen-bond acceptors (Lipinski definition) is 4. The number of nitrogens with zero attached hydrogens (tertiary/aromatic N) is 1. The van der Waals surface area contributed by atoms with Gasteiger partial charge in [0.2, 0.25) is 0 Å². The quantitative estimate of drug-likeness (QED) is 0.811. The highest BCUT2D eigenvalue weighted by atomic mass is 16.5. The lowest BCUT2D eigenvalue weighted by Gasteiger charge is -2.13. The third-order valence-electron chi connectivity index (χ3n) is 4.56. The first-order chi connectivity index (χ1) is 12.2. The second-order valence-electron chi connectivity index (χ2n) is 6.41. The Labute approximate surface area is 148 Å². The van der Waals surface area contributed by atoms with Crippen LogP contribution >= 0.6 is 0 Å². The maximum atomic E-state index is 12.4. The van der Waals surface area contributed by atoms with Crippen LogP contribution in [0.4, 0.5) is 5.82 Å². The number of aromatic nitrogens is 1. The maximum absolute atomic E-state index is 12.4. The molecule has 1 aliphatic rings. The topological polar surface area (TPSA) is 63.2 Å². The van der Waals surface area contributed by atoms with Crippen LogP contribution in [0.2, 0.25) is 0 Å². The molecule has 1 saturated carbocycles. The van der Waals surface area contributed by atoms with Gasteiger partial charge in [-0.05, 0) is 49.1 Å². The molecule has 25 heavy (non-hydrogen) atoms. The molecule has 132 valence electrons. The third-order valence-corrected chi connectivity index (χ3v) is 4.56. The normalized spacial score (nSPS) is 14.3. The standard InChI is InChI=1S/C20H25N3O2/c1-25-18-8-4-5-15(13-18)9-11-22-20(24)16-10-12-21-19(14-16)23-17-6-2-3-7-17/h4-5,8,10,12-14,17H,2-3,6-7,9,11H2,1H3,(H,21,23)(H,22,24). The van der Waals surface area contributed by atoms with Crippen molar-refractivity contribution < 1.29 is 9.53 Å². The van der Waals surface area contributed by atoms with Gasteiger partial charge in [-0.15, -0.1) is 0 Å². The molecule has 5 heteroatoms. The van der Waals surface area contributed by atoms with Crippen molar-refractivity contribution in [3.8, 4) is 5.75 Å². The molecule has 3 rings (SSSR count). The molecule has 0 bridgehead atoms. The third kappa shape index (κ3) is 4.95. The van der Waals surface area contributed by atoms with Gasteiger partial charge in [0.1, 0.15) is 11.6 Å². The number of rotatable bonds is 7. The fourth-order valence-corrected chi connectivity index (χ4v) is 3.18. The summed E-state index contributed by atoms with van der Waals surface area (Å²) in [6.07, 6.45) is 7.34. The number of ether oxygens (including phenoxy) is 1. The van der Waals surface area contributed by atoms with Crippen LogP contribution in [0.5, 0.6) is 5.75 Å². The molecular formula is C20H25N3O2. The average molecular weight is 339 g/mol. The van der Waals surface area contributed by atoms with E-state index in [0.29, 0.717) is 18.2 Å². The van der Waals surface area contributed by atoms with Crippen molar-refractivity contribution in [3.63, 3.8) is 0 Å². The Bertz CT molecular complexity index is 712. The van der Waals surface area contributed by atoms with E-state index >= 15 is 0 Å². The summed E-state index contributed by atoms with van der Waals surface area (Å²) in [5, 5.41) is 6.40. The monoisotopic (exact) mass is 339 g/mol. The van der Waals surface area contributed by atoms with Gasteiger partial charge in [-0.1, -0.05) is 25.0 Å². The number of carbonyl (C=O) groups excluding carboxylic acids is 1. The predicted molar refractivity (Wildman–Crippen MR) is 99.1 cm³/mol. The Morgan fingerprint density at radius 2 is 2.08 bits per heavy atom. The van der Waals surface area contributed by atoms with E-state index in [4.69, 9.17) is 4.74 Å². The van der Waals surface area contributed by atoms with Crippen molar-refractivity contribution in [1.82, 2.24) is 10.3 Å². The predicted octanol–water partition coefficient (Wildman–Crippen LogP) is 3.42. The molecule has 0 radical (unpaired) electrons. The lowest BCUT2D eigenvalue weighted by molar-refractivity contribution is 0.0954. The lowest BCUT2D eigenvalue weighted by atomic mass is 10.1. The summed E-state index contributed by atoms with van der Waals surface area (Å²) >= 11 is 0. The molecule has 0 aliphatic heterocycles. The van der Waals surface area contributed by atoms with Gasteiger partial charge in [0.05, 0.1) is 7.11 Å². The molecular weight excluding hydrogens is 314 g/mol. The van der Waals surface area contributed by atoms with Crippen molar-refractivity contribution in [2.75, 3.05) is 19.0 Å². The van der Waals surface area contributed by atoms with E-state index < -0.39 is 0 Å². The van der Waals surface area contributed by atoms with Crippen LogP contribution in [0.15, 0.2) is 42.6 Å². The summed E-state index contributed by atoms with van der Waals surface area (Å²) in [7, 11) is 1.65. The summed E-state index contributed by atoms with van der Waals surface area (Å²) in [5.41, 5.74) is 1.78. The lowest BCUT2D eigenvalue weighted by Crippen LogP contribution is -2.26. The average Bonchev–Trinajstić information content (AvgIpc) is 3.15. The molecule has 0 spiro atoms. The van der Waals surface area contributed by atoms with Crippen molar-refractivity contribution in [1.29, 1.82) is 0 Å². The Kier molecular flexibility index (Phi) is 5.88. The highest BCUT2D eigenvalue weighted by Crippen LogP contribution is 2.21. The Hall–Kier alpha value is -2.56. The number of amides is 1. The summed E-state index contributed by atoms with van der Waals surface area (Å²) in [5.74, 6) is 1.55. The molecule has 1 aliphatic carbocycles. The Morgan fingerprint density at radius 3 is 2.88 bits per heavy atom. The number of anilines is 1. The number of benzene rings is 1. The minimum Gasteiger partial charge on any atom is -0.497 e. The van der Waals surface area contributed by atoms with Crippen molar-refractivity contribution >= 4 is 11.7 Å². The van der Waals surface area contributed by atoms with Gasteiger partial charge in [0.15, 0.2) is 0 Å². The fraction of sp³-hybridized carbons (Fsp3) is 0.400. The largest absolute Gasteiger partial charge is 0.497 e. The van der Waals surface area contributed by atoms with Crippen molar-refractivity contribution in [2.24, 2.45) is 0 Å². The first-order valence-corrected chi connectivity index (χ1v) is 8.88. The molecule has 0 atom stereocenters. The van der Waals surface area contributed by atoms with Gasteiger partial charge in [0, 0.05) is 24.3 Å². The molecule has 1 aromatic heterocycles. The van der Waals surface area contributed by atoms with Crippen LogP contribution in [0, 0.1) is 0 Å². The molecule has 1 amide bonds. The first kappa shape index (κ1) is 17.3. The van der Waals surface area contributed by atoms with Crippen molar-refractivity contribution in [3.05, 3.63) is 53.7 Å². The molecule has 1 heterocycles. The zero-order valence-corrected chi connectivity index (χ0v) is 14.6. The number of carbonyl (C=O) groups is 1. The van der Waals surface area contributed by atoms with E-state index in [2.05, 4.69) is 15.6 Å². The summed E-state index contributed by atoms with van der Waals surface area (Å²) in [4.78, 5) is 16.7. The summed E-state index contributed by atoms with van der Waals surface area (Å²) in [6, 6.07) is 12.0. The number of nitrogens with one attached hydrogen (secondary N) is 2. The van der Waals surface area contributed by atoms with Crippen LogP contribution in [0.25, 0.3) is 0 Å². The van der Waals surface area contributed by atoms with Gasteiger partial charge >= 0.3 is 0 Å². The van der Waals surface area contributed by atoms with Crippen LogP contribution < -0.4 is 15.4 Å². The van der Waals surface area contributed by atoms with Gasteiger partial charge in [-0.3, -0.25) is 4.79 Å². The molecule has 0 unspecified atom stereocenters. The van der Waals surface area contributed by atoms with E-state index in [1.165, 1.54) is 25.7 Å². The maximum Gasteiger partial charge on any atom is 0.251 e. The summed E-state index contributed by atoms with van der Waals surface area (Å²) in [6.45, 7) is 0.583. The SMILES string of the molecule is COc1cccc(CCNC(=O)c2ccnc(NC3CCCC3)c2)c1. The van der Waals surface area contributed by atoms with Crippen LogP contribution in [0.3, 0.4) is 0 Å². The van der Waals surface area contributed by atoms with Gasteiger partial charge in [-0.25, -0.2) is 4.98 Å². The van der Waals surface area contributed by atoms with Gasteiger partial charge in [-0.2, -0.15) is 0 Å². The number of methoxy groups -OCH3 is 1. The highest BCUT2D eigenvalue weighted by molar-refractivity contribution is 5.94. The number of pyridine rings is 1. The smallest absolute Gasteiger partial charge is 0.251 e. The molecule has 2 aromatic rings. The summed E-state index contributed by atoms with van der Waals surface area (Å²) < 4.78 is 5.22. The van der Waals surface area contributed by atoms with Crippen LogP contribution in [-0.2, 0) is 6.42 Å². The zero-order valence-electron chi connectivity index (χ0n) is 14.6. The van der Waals surface area contributed by atoms with E-state index in [1.54, 1.807) is 19.4 Å². The number of hydrogen-bond donors (Lipinski definition) is 2.